The van der Waals surface area contributed by atoms with E-state index >= 15 is 0 Å². The Morgan fingerprint density at radius 2 is 1.96 bits per heavy atom. The van der Waals surface area contributed by atoms with Crippen LogP contribution in [0.1, 0.15) is 31.3 Å². The Bertz CT molecular complexity index is 745. The van der Waals surface area contributed by atoms with Crippen LogP contribution in [0.4, 0.5) is 23.7 Å². The fraction of sp³-hybridized carbons (Fsp3) is 0.400. The minimum Gasteiger partial charge on any atom is -0.331 e. The Labute approximate surface area is 147 Å². The first-order valence-electron chi connectivity index (χ1n) is 7.43. The van der Waals surface area contributed by atoms with Gasteiger partial charge in [0.15, 0.2) is 11.0 Å². The number of rotatable bonds is 5. The Morgan fingerprint density at radius 3 is 2.56 bits per heavy atom. The molecule has 0 aliphatic rings. The summed E-state index contributed by atoms with van der Waals surface area (Å²) in [4.78, 5) is 12.0. The number of hydrogen-bond acceptors (Lipinski definition) is 4. The summed E-state index contributed by atoms with van der Waals surface area (Å²) < 4.78 is 40.7. The standard InChI is InChI=1S/C15H18F3N5OS/c1-9(2)23-12(21-22-14(23)25-3)8-19-13(24)20-11-7-5-4-6-10(11)15(16,17)18/h4-7,9H,8H2,1-3H3,(H2,19,20,24). The van der Waals surface area contributed by atoms with Crippen molar-refractivity contribution in [3.63, 3.8) is 0 Å². The molecule has 1 aromatic heterocycles. The zero-order chi connectivity index (χ0) is 18.6. The molecule has 0 atom stereocenters. The first-order valence-corrected chi connectivity index (χ1v) is 8.65. The van der Waals surface area contributed by atoms with E-state index in [2.05, 4.69) is 20.8 Å². The number of aromatic nitrogens is 3. The summed E-state index contributed by atoms with van der Waals surface area (Å²) in [5.74, 6) is 0.526. The van der Waals surface area contributed by atoms with Crippen LogP contribution in [0.15, 0.2) is 29.4 Å². The van der Waals surface area contributed by atoms with Gasteiger partial charge >= 0.3 is 12.2 Å². The molecule has 6 nitrogen and oxygen atoms in total. The minimum atomic E-state index is -4.55. The van der Waals surface area contributed by atoms with Gasteiger partial charge in [-0.1, -0.05) is 23.9 Å². The maximum atomic E-state index is 12.9. The Hall–Kier alpha value is -2.23. The normalized spacial score (nSPS) is 11.6. The van der Waals surface area contributed by atoms with E-state index in [1.807, 2.05) is 24.7 Å². The number of amides is 2. The second-order valence-electron chi connectivity index (χ2n) is 5.42. The van der Waals surface area contributed by atoms with Crippen LogP contribution < -0.4 is 10.6 Å². The zero-order valence-electron chi connectivity index (χ0n) is 13.9. The largest absolute Gasteiger partial charge is 0.418 e. The van der Waals surface area contributed by atoms with Gasteiger partial charge in [0, 0.05) is 6.04 Å². The third kappa shape index (κ3) is 4.65. The van der Waals surface area contributed by atoms with Gasteiger partial charge in [-0.3, -0.25) is 0 Å². The monoisotopic (exact) mass is 373 g/mol. The highest BCUT2D eigenvalue weighted by molar-refractivity contribution is 7.98. The quantitative estimate of drug-likeness (QED) is 0.779. The van der Waals surface area contributed by atoms with Crippen LogP contribution in [0, 0.1) is 0 Å². The topological polar surface area (TPSA) is 71.8 Å². The van der Waals surface area contributed by atoms with Crippen molar-refractivity contribution in [3.8, 4) is 0 Å². The van der Waals surface area contributed by atoms with Gasteiger partial charge in [-0.25, -0.2) is 4.79 Å². The van der Waals surface area contributed by atoms with Crippen molar-refractivity contribution in [2.75, 3.05) is 11.6 Å². The summed E-state index contributed by atoms with van der Waals surface area (Å²) >= 11 is 1.42. The maximum absolute atomic E-state index is 12.9. The van der Waals surface area contributed by atoms with Crippen molar-refractivity contribution < 1.29 is 18.0 Å². The predicted octanol–water partition coefficient (Wildman–Crippen LogP) is 3.92. The number of benzene rings is 1. The summed E-state index contributed by atoms with van der Waals surface area (Å²) in [5.41, 5.74) is -1.21. The van der Waals surface area contributed by atoms with Crippen LogP contribution in [0.25, 0.3) is 0 Å². The summed E-state index contributed by atoms with van der Waals surface area (Å²) in [5, 5.41) is 13.5. The molecule has 0 bridgehead atoms. The molecule has 2 aromatic rings. The molecule has 0 saturated heterocycles. The highest BCUT2D eigenvalue weighted by Crippen LogP contribution is 2.34. The number of nitrogens with one attached hydrogen (secondary N) is 2. The van der Waals surface area contributed by atoms with Crippen molar-refractivity contribution >= 4 is 23.5 Å². The van der Waals surface area contributed by atoms with E-state index in [1.54, 1.807) is 0 Å². The van der Waals surface area contributed by atoms with Gasteiger partial charge in [0.05, 0.1) is 17.8 Å². The van der Waals surface area contributed by atoms with Crippen molar-refractivity contribution in [1.82, 2.24) is 20.1 Å². The summed E-state index contributed by atoms with van der Waals surface area (Å²) in [6, 6.07) is 4.14. The summed E-state index contributed by atoms with van der Waals surface area (Å²) in [6.07, 6.45) is -2.68. The van der Waals surface area contributed by atoms with Crippen LogP contribution in [0.2, 0.25) is 0 Å². The SMILES string of the molecule is CSc1nnc(CNC(=O)Nc2ccccc2C(F)(F)F)n1C(C)C. The second kappa shape index (κ2) is 7.77. The fourth-order valence-corrected chi connectivity index (χ4v) is 2.89. The van der Waals surface area contributed by atoms with E-state index in [4.69, 9.17) is 0 Å². The molecule has 136 valence electrons. The van der Waals surface area contributed by atoms with Crippen LogP contribution in [-0.2, 0) is 12.7 Å². The molecule has 0 aliphatic heterocycles. The van der Waals surface area contributed by atoms with Gasteiger partial charge in [0.1, 0.15) is 0 Å². The van der Waals surface area contributed by atoms with Crippen LogP contribution >= 0.6 is 11.8 Å². The Balaban J connectivity index is 2.07. The highest BCUT2D eigenvalue weighted by Gasteiger charge is 2.33. The van der Waals surface area contributed by atoms with E-state index < -0.39 is 17.8 Å². The van der Waals surface area contributed by atoms with Crippen molar-refractivity contribution in [2.24, 2.45) is 0 Å². The van der Waals surface area contributed by atoms with E-state index in [-0.39, 0.29) is 18.3 Å². The summed E-state index contributed by atoms with van der Waals surface area (Å²) in [7, 11) is 0. The number of hydrogen-bond donors (Lipinski definition) is 2. The van der Waals surface area contributed by atoms with E-state index in [0.717, 1.165) is 6.07 Å². The van der Waals surface area contributed by atoms with Gasteiger partial charge in [0.25, 0.3) is 0 Å². The fourth-order valence-electron chi connectivity index (χ4n) is 2.25. The molecule has 0 saturated carbocycles. The molecule has 0 fully saturated rings. The van der Waals surface area contributed by atoms with Gasteiger partial charge < -0.3 is 15.2 Å². The number of thioether (sulfide) groups is 1. The lowest BCUT2D eigenvalue weighted by atomic mass is 10.1. The summed E-state index contributed by atoms with van der Waals surface area (Å²) in [6.45, 7) is 3.95. The molecular formula is C15H18F3N5OS. The molecule has 1 heterocycles. The lowest BCUT2D eigenvalue weighted by Gasteiger charge is -2.15. The molecule has 0 aliphatic carbocycles. The molecule has 2 rings (SSSR count). The molecule has 10 heteroatoms. The number of carbonyl (C=O) groups excluding carboxylic acids is 1. The zero-order valence-corrected chi connectivity index (χ0v) is 14.7. The molecule has 1 aromatic carbocycles. The lowest BCUT2D eigenvalue weighted by molar-refractivity contribution is -0.136. The molecule has 0 spiro atoms. The molecular weight excluding hydrogens is 355 g/mol. The number of carbonyl (C=O) groups is 1. The number of nitrogens with zero attached hydrogens (tertiary/aromatic N) is 3. The van der Waals surface area contributed by atoms with Crippen LogP contribution in [0.3, 0.4) is 0 Å². The molecule has 2 N–H and O–H groups in total. The minimum absolute atomic E-state index is 0.0474. The number of alkyl halides is 3. The average molecular weight is 373 g/mol. The van der Waals surface area contributed by atoms with Crippen molar-refractivity contribution in [2.45, 2.75) is 37.8 Å². The van der Waals surface area contributed by atoms with E-state index in [9.17, 15) is 18.0 Å². The van der Waals surface area contributed by atoms with Gasteiger partial charge in [-0.2, -0.15) is 13.2 Å². The smallest absolute Gasteiger partial charge is 0.331 e. The first-order chi connectivity index (χ1) is 11.7. The number of anilines is 1. The predicted molar refractivity (Wildman–Crippen MR) is 89.5 cm³/mol. The van der Waals surface area contributed by atoms with Crippen molar-refractivity contribution in [1.29, 1.82) is 0 Å². The number of para-hydroxylation sites is 1. The Kier molecular flexibility index (Phi) is 5.93. The lowest BCUT2D eigenvalue weighted by Crippen LogP contribution is -2.30. The Morgan fingerprint density at radius 1 is 1.28 bits per heavy atom. The molecule has 25 heavy (non-hydrogen) atoms. The first kappa shape index (κ1) is 19.1. The average Bonchev–Trinajstić information content (AvgIpc) is 2.95. The number of halogens is 3. The number of urea groups is 1. The van der Waals surface area contributed by atoms with Gasteiger partial charge in [0.2, 0.25) is 0 Å². The van der Waals surface area contributed by atoms with E-state index in [0.29, 0.717) is 11.0 Å². The highest BCUT2D eigenvalue weighted by atomic mass is 32.2. The van der Waals surface area contributed by atoms with E-state index in [1.165, 1.54) is 30.0 Å². The van der Waals surface area contributed by atoms with Gasteiger partial charge in [-0.05, 0) is 32.2 Å². The third-order valence-corrected chi connectivity index (χ3v) is 3.97. The van der Waals surface area contributed by atoms with Crippen LogP contribution in [0.5, 0.6) is 0 Å². The molecule has 2 amide bonds. The third-order valence-electron chi connectivity index (χ3n) is 3.32. The van der Waals surface area contributed by atoms with Gasteiger partial charge in [-0.15, -0.1) is 10.2 Å². The van der Waals surface area contributed by atoms with Crippen molar-refractivity contribution in [3.05, 3.63) is 35.7 Å². The second-order valence-corrected chi connectivity index (χ2v) is 6.19. The van der Waals surface area contributed by atoms with Crippen LogP contribution in [-0.4, -0.2) is 27.1 Å². The molecule has 0 unspecified atom stereocenters. The molecule has 0 radical (unpaired) electrons. The maximum Gasteiger partial charge on any atom is 0.418 e.